The SMILES string of the molecule is C=CCC(OC(=O)CCCCCCCCCCCCCCCCC)C(O)CO. The van der Waals surface area contributed by atoms with Gasteiger partial charge in [0.25, 0.3) is 0 Å². The molecule has 4 heteroatoms. The smallest absolute Gasteiger partial charge is 0.306 e. The molecule has 0 aromatic heterocycles. The molecule has 0 rings (SSSR count). The summed E-state index contributed by atoms with van der Waals surface area (Å²) in [6.45, 7) is 5.44. The van der Waals surface area contributed by atoms with Crippen LogP contribution in [-0.4, -0.2) is 35.0 Å². The fourth-order valence-electron chi connectivity index (χ4n) is 3.43. The van der Waals surface area contributed by atoms with Gasteiger partial charge in [0.05, 0.1) is 6.61 Å². The third kappa shape index (κ3) is 17.2. The van der Waals surface area contributed by atoms with Gasteiger partial charge in [0.2, 0.25) is 0 Å². The number of aliphatic hydroxyl groups excluding tert-OH is 2. The first kappa shape index (κ1) is 27.1. The maximum absolute atomic E-state index is 11.8. The topological polar surface area (TPSA) is 66.8 Å². The van der Waals surface area contributed by atoms with Crippen LogP contribution in [-0.2, 0) is 9.53 Å². The van der Waals surface area contributed by atoms with Gasteiger partial charge >= 0.3 is 5.97 Å². The summed E-state index contributed by atoms with van der Waals surface area (Å²) in [6, 6.07) is 0. The molecule has 166 valence electrons. The van der Waals surface area contributed by atoms with Crippen molar-refractivity contribution in [1.82, 2.24) is 0 Å². The Hall–Kier alpha value is -0.870. The highest BCUT2D eigenvalue weighted by atomic mass is 16.6. The Morgan fingerprint density at radius 3 is 1.68 bits per heavy atom. The number of carbonyl (C=O) groups is 1. The van der Waals surface area contributed by atoms with Crippen molar-refractivity contribution in [1.29, 1.82) is 0 Å². The normalized spacial score (nSPS) is 13.2. The molecule has 0 saturated carbocycles. The van der Waals surface area contributed by atoms with Gasteiger partial charge in [-0.05, 0) is 6.42 Å². The lowest BCUT2D eigenvalue weighted by atomic mass is 10.0. The van der Waals surface area contributed by atoms with Crippen molar-refractivity contribution in [3.8, 4) is 0 Å². The van der Waals surface area contributed by atoms with Gasteiger partial charge in [0.15, 0.2) is 0 Å². The molecule has 28 heavy (non-hydrogen) atoms. The van der Waals surface area contributed by atoms with Crippen LogP contribution in [0.5, 0.6) is 0 Å². The zero-order chi connectivity index (χ0) is 20.9. The van der Waals surface area contributed by atoms with Crippen molar-refractivity contribution in [2.75, 3.05) is 6.61 Å². The Kier molecular flexibility index (Phi) is 20.2. The summed E-state index contributed by atoms with van der Waals surface area (Å²) in [6.07, 6.45) is 20.0. The predicted molar refractivity (Wildman–Crippen MR) is 117 cm³/mol. The summed E-state index contributed by atoms with van der Waals surface area (Å²) in [5.74, 6) is -0.297. The van der Waals surface area contributed by atoms with E-state index in [0.717, 1.165) is 12.8 Å². The van der Waals surface area contributed by atoms with Crippen molar-refractivity contribution in [3.05, 3.63) is 12.7 Å². The largest absolute Gasteiger partial charge is 0.459 e. The molecular formula is C24H46O4. The quantitative estimate of drug-likeness (QED) is 0.139. The van der Waals surface area contributed by atoms with Crippen LogP contribution in [0.4, 0.5) is 0 Å². The first-order valence-corrected chi connectivity index (χ1v) is 11.7. The summed E-state index contributed by atoms with van der Waals surface area (Å²) in [4.78, 5) is 11.8. The lowest BCUT2D eigenvalue weighted by Crippen LogP contribution is -2.33. The van der Waals surface area contributed by atoms with E-state index < -0.39 is 18.8 Å². The maximum Gasteiger partial charge on any atom is 0.306 e. The van der Waals surface area contributed by atoms with Crippen LogP contribution in [0.3, 0.4) is 0 Å². The second kappa shape index (κ2) is 20.9. The Morgan fingerprint density at radius 1 is 0.857 bits per heavy atom. The molecule has 0 spiro atoms. The Balaban J connectivity index is 3.40. The minimum absolute atomic E-state index is 0.297. The fourth-order valence-corrected chi connectivity index (χ4v) is 3.43. The highest BCUT2D eigenvalue weighted by molar-refractivity contribution is 5.69. The minimum atomic E-state index is -1.04. The number of aliphatic hydroxyl groups is 2. The molecule has 0 fully saturated rings. The van der Waals surface area contributed by atoms with E-state index in [-0.39, 0.29) is 5.97 Å². The molecule has 2 N–H and O–H groups in total. The van der Waals surface area contributed by atoms with Gasteiger partial charge in [-0.2, -0.15) is 0 Å². The Labute approximate surface area is 173 Å². The highest BCUT2D eigenvalue weighted by Gasteiger charge is 2.21. The molecule has 0 amide bonds. The lowest BCUT2D eigenvalue weighted by Gasteiger charge is -2.20. The van der Waals surface area contributed by atoms with Crippen LogP contribution in [0.25, 0.3) is 0 Å². The second-order valence-corrected chi connectivity index (χ2v) is 8.00. The zero-order valence-electron chi connectivity index (χ0n) is 18.4. The summed E-state index contributed by atoms with van der Waals surface area (Å²) in [5.41, 5.74) is 0. The summed E-state index contributed by atoms with van der Waals surface area (Å²) in [5, 5.41) is 18.6. The number of rotatable bonds is 21. The predicted octanol–water partition coefficient (Wildman–Crippen LogP) is 6.09. The molecule has 0 aliphatic rings. The summed E-state index contributed by atoms with van der Waals surface area (Å²) < 4.78 is 5.24. The van der Waals surface area contributed by atoms with Gasteiger partial charge in [-0.3, -0.25) is 4.79 Å². The second-order valence-electron chi connectivity index (χ2n) is 8.00. The summed E-state index contributed by atoms with van der Waals surface area (Å²) in [7, 11) is 0. The van der Waals surface area contributed by atoms with Crippen molar-refractivity contribution >= 4 is 5.97 Å². The minimum Gasteiger partial charge on any atom is -0.459 e. The molecule has 4 nitrogen and oxygen atoms in total. The Morgan fingerprint density at radius 2 is 1.29 bits per heavy atom. The molecule has 0 aromatic rings. The number of ether oxygens (including phenoxy) is 1. The lowest BCUT2D eigenvalue weighted by molar-refractivity contribution is -0.156. The molecular weight excluding hydrogens is 352 g/mol. The third-order valence-electron chi connectivity index (χ3n) is 5.28. The molecule has 0 aromatic carbocycles. The molecule has 2 atom stereocenters. The average molecular weight is 399 g/mol. The van der Waals surface area contributed by atoms with Crippen LogP contribution in [0.2, 0.25) is 0 Å². The van der Waals surface area contributed by atoms with E-state index in [1.807, 2.05) is 0 Å². The molecule has 0 radical (unpaired) electrons. The van der Waals surface area contributed by atoms with Gasteiger partial charge in [-0.1, -0.05) is 103 Å². The average Bonchev–Trinajstić information content (AvgIpc) is 2.70. The summed E-state index contributed by atoms with van der Waals surface area (Å²) >= 11 is 0. The van der Waals surface area contributed by atoms with E-state index in [4.69, 9.17) is 9.84 Å². The van der Waals surface area contributed by atoms with E-state index in [2.05, 4.69) is 13.5 Å². The first-order chi connectivity index (χ1) is 13.7. The van der Waals surface area contributed by atoms with Gasteiger partial charge in [0, 0.05) is 12.8 Å². The van der Waals surface area contributed by atoms with Crippen molar-refractivity contribution in [3.63, 3.8) is 0 Å². The van der Waals surface area contributed by atoms with E-state index in [1.54, 1.807) is 6.08 Å². The number of hydrogen-bond acceptors (Lipinski definition) is 4. The maximum atomic E-state index is 11.8. The van der Waals surface area contributed by atoms with Crippen molar-refractivity contribution in [2.24, 2.45) is 0 Å². The highest BCUT2D eigenvalue weighted by Crippen LogP contribution is 2.14. The molecule has 0 bridgehead atoms. The molecule has 0 heterocycles. The van der Waals surface area contributed by atoms with Gasteiger partial charge in [-0.15, -0.1) is 6.58 Å². The van der Waals surface area contributed by atoms with Crippen LogP contribution in [0.1, 0.15) is 116 Å². The Bertz CT molecular complexity index is 357. The standard InChI is InChI=1S/C24H46O4/c1-3-5-6-7-8-9-10-11-12-13-14-15-16-17-18-20-24(27)28-23(19-4-2)22(26)21-25/h4,22-23,25-26H,2-3,5-21H2,1H3. The van der Waals surface area contributed by atoms with Gasteiger partial charge in [0.1, 0.15) is 12.2 Å². The van der Waals surface area contributed by atoms with E-state index >= 15 is 0 Å². The van der Waals surface area contributed by atoms with Crippen molar-refractivity contribution in [2.45, 2.75) is 128 Å². The first-order valence-electron chi connectivity index (χ1n) is 11.7. The van der Waals surface area contributed by atoms with Crippen LogP contribution >= 0.6 is 0 Å². The number of unbranched alkanes of at least 4 members (excludes halogenated alkanes) is 14. The van der Waals surface area contributed by atoms with E-state index in [0.29, 0.717) is 12.8 Å². The molecule has 2 unspecified atom stereocenters. The zero-order valence-corrected chi connectivity index (χ0v) is 18.4. The van der Waals surface area contributed by atoms with E-state index in [9.17, 15) is 9.90 Å². The van der Waals surface area contributed by atoms with Crippen LogP contribution in [0, 0.1) is 0 Å². The van der Waals surface area contributed by atoms with Gasteiger partial charge < -0.3 is 14.9 Å². The monoisotopic (exact) mass is 398 g/mol. The number of carbonyl (C=O) groups excluding carboxylic acids is 1. The molecule has 0 aliphatic heterocycles. The van der Waals surface area contributed by atoms with Crippen molar-refractivity contribution < 1.29 is 19.7 Å². The van der Waals surface area contributed by atoms with Crippen LogP contribution < -0.4 is 0 Å². The fraction of sp³-hybridized carbons (Fsp3) is 0.875. The molecule has 0 aliphatic carbocycles. The van der Waals surface area contributed by atoms with Gasteiger partial charge in [-0.25, -0.2) is 0 Å². The molecule has 0 saturated heterocycles. The van der Waals surface area contributed by atoms with E-state index in [1.165, 1.54) is 83.5 Å². The number of esters is 1. The third-order valence-corrected chi connectivity index (χ3v) is 5.28. The number of hydrogen-bond donors (Lipinski definition) is 2. The van der Waals surface area contributed by atoms with Crippen LogP contribution in [0.15, 0.2) is 12.7 Å².